The van der Waals surface area contributed by atoms with Gasteiger partial charge in [0.2, 0.25) is 0 Å². The van der Waals surface area contributed by atoms with Crippen molar-refractivity contribution in [3.8, 4) is 67.5 Å². The molecule has 0 amide bonds. The van der Waals surface area contributed by atoms with Gasteiger partial charge in [0.15, 0.2) is 0 Å². The Morgan fingerprint density at radius 2 is 1.07 bits per heavy atom. The molecule has 6 aromatic carbocycles. The number of fused-ring (bicyclic) bond motifs is 1. The molecule has 0 fully saturated rings. The van der Waals surface area contributed by atoms with Crippen molar-refractivity contribution in [1.82, 2.24) is 14.5 Å². The number of rotatable bonds is 8. The van der Waals surface area contributed by atoms with Crippen LogP contribution in [0.3, 0.4) is 0 Å². The Bertz CT molecular complexity index is 3140. The van der Waals surface area contributed by atoms with Crippen molar-refractivity contribution in [3.05, 3.63) is 167 Å². The normalized spacial score (nSPS) is 12.6. The number of nitrogens with zero attached hydrogens (tertiary/aromatic N) is 3. The van der Waals surface area contributed by atoms with E-state index in [9.17, 15) is 5.11 Å². The van der Waals surface area contributed by atoms with Crippen molar-refractivity contribution in [1.29, 1.82) is 0 Å². The van der Waals surface area contributed by atoms with Crippen LogP contribution in [0.2, 0.25) is 0 Å². The van der Waals surface area contributed by atoms with Crippen molar-refractivity contribution in [2.24, 2.45) is 0 Å². The van der Waals surface area contributed by atoms with Gasteiger partial charge in [0, 0.05) is 38.5 Å². The molecule has 4 nitrogen and oxygen atoms in total. The summed E-state index contributed by atoms with van der Waals surface area (Å²) in [6.45, 7) is 35.9. The Balaban J connectivity index is 0.00000703. The van der Waals surface area contributed by atoms with Gasteiger partial charge in [-0.15, -0.1) is 29.3 Å². The van der Waals surface area contributed by atoms with E-state index < -0.39 is 0 Å². The van der Waals surface area contributed by atoms with Gasteiger partial charge in [0.05, 0.1) is 22.3 Å². The van der Waals surface area contributed by atoms with Crippen LogP contribution < -0.4 is 0 Å². The molecular formula is C64H72N3OPt-. The van der Waals surface area contributed by atoms with Crippen LogP contribution in [0.5, 0.6) is 5.75 Å². The minimum absolute atomic E-state index is 0. The van der Waals surface area contributed by atoms with Crippen LogP contribution >= 0.6 is 0 Å². The zero-order valence-corrected chi connectivity index (χ0v) is 46.2. The van der Waals surface area contributed by atoms with Gasteiger partial charge in [-0.1, -0.05) is 207 Å². The van der Waals surface area contributed by atoms with Crippen molar-refractivity contribution in [3.63, 3.8) is 0 Å². The summed E-state index contributed by atoms with van der Waals surface area (Å²) in [4.78, 5) is 10.7. The number of aromatic hydroxyl groups is 1. The van der Waals surface area contributed by atoms with E-state index in [-0.39, 0.29) is 60.3 Å². The second-order valence-electron chi connectivity index (χ2n) is 23.8. The summed E-state index contributed by atoms with van der Waals surface area (Å²) in [6, 6.07) is 48.4. The molecule has 0 aliphatic rings. The predicted octanol–water partition coefficient (Wildman–Crippen LogP) is 17.7. The molecule has 0 radical (unpaired) electrons. The monoisotopic (exact) mass is 1090 g/mol. The van der Waals surface area contributed by atoms with Gasteiger partial charge in [-0.05, 0) is 102 Å². The summed E-state index contributed by atoms with van der Waals surface area (Å²) in [5.74, 6) is 1.31. The average molecular weight is 1090 g/mol. The maximum absolute atomic E-state index is 12.5. The number of imidazole rings is 1. The van der Waals surface area contributed by atoms with E-state index >= 15 is 0 Å². The largest absolute Gasteiger partial charge is 0.507 e. The maximum Gasteiger partial charge on any atom is 0.148 e. The summed E-state index contributed by atoms with van der Waals surface area (Å²) in [6.07, 6.45) is 1.91. The number of hydrogen-bond donors (Lipinski definition) is 1. The summed E-state index contributed by atoms with van der Waals surface area (Å²) >= 11 is 0. The van der Waals surface area contributed by atoms with Gasteiger partial charge in [-0.25, -0.2) is 4.98 Å². The summed E-state index contributed by atoms with van der Waals surface area (Å²) in [7, 11) is 0. The molecule has 8 rings (SSSR count). The molecule has 0 saturated carbocycles. The number of benzene rings is 6. The molecule has 0 saturated heterocycles. The molecule has 0 spiro atoms. The third kappa shape index (κ3) is 10.5. The fourth-order valence-corrected chi connectivity index (χ4v) is 9.15. The topological polar surface area (TPSA) is 50.9 Å². The molecule has 0 bridgehead atoms. The molecule has 5 heteroatoms. The van der Waals surface area contributed by atoms with Crippen LogP contribution in [0.25, 0.3) is 72.7 Å². The Morgan fingerprint density at radius 3 is 1.64 bits per heavy atom. The summed E-state index contributed by atoms with van der Waals surface area (Å²) < 4.78 is 2.31. The molecule has 360 valence electrons. The van der Waals surface area contributed by atoms with Crippen LogP contribution in [0.15, 0.2) is 128 Å². The first-order chi connectivity index (χ1) is 31.8. The minimum Gasteiger partial charge on any atom is -0.507 e. The van der Waals surface area contributed by atoms with E-state index in [1.807, 2.05) is 6.20 Å². The van der Waals surface area contributed by atoms with E-state index in [4.69, 9.17) is 9.97 Å². The molecule has 0 aliphatic heterocycles. The van der Waals surface area contributed by atoms with E-state index in [2.05, 4.69) is 243 Å². The van der Waals surface area contributed by atoms with E-state index in [1.54, 1.807) is 0 Å². The fourth-order valence-electron chi connectivity index (χ4n) is 9.15. The smallest absolute Gasteiger partial charge is 0.148 e. The number of aromatic nitrogens is 3. The molecule has 0 unspecified atom stereocenters. The Hall–Kier alpha value is -5.57. The Morgan fingerprint density at radius 1 is 0.507 bits per heavy atom. The molecule has 0 atom stereocenters. The van der Waals surface area contributed by atoms with Crippen LogP contribution in [-0.2, 0) is 42.7 Å². The van der Waals surface area contributed by atoms with Gasteiger partial charge in [-0.2, -0.15) is 0 Å². The molecule has 1 N–H and O–H groups in total. The fraction of sp³-hybridized carbons (Fsp3) is 0.344. The summed E-state index contributed by atoms with van der Waals surface area (Å²) in [5.41, 5.74) is 18.6. The van der Waals surface area contributed by atoms with Crippen LogP contribution in [0.4, 0.5) is 0 Å². The van der Waals surface area contributed by atoms with Crippen LogP contribution in [-0.4, -0.2) is 19.6 Å². The average Bonchev–Trinajstić information content (AvgIpc) is 3.67. The molecule has 69 heavy (non-hydrogen) atoms. The van der Waals surface area contributed by atoms with Crippen molar-refractivity contribution >= 4 is 11.0 Å². The predicted molar refractivity (Wildman–Crippen MR) is 290 cm³/mol. The number of phenols is 1. The van der Waals surface area contributed by atoms with Crippen molar-refractivity contribution in [2.45, 2.75) is 144 Å². The molecule has 2 heterocycles. The Labute approximate surface area is 428 Å². The van der Waals surface area contributed by atoms with Gasteiger partial charge >= 0.3 is 0 Å². The third-order valence-electron chi connectivity index (χ3n) is 13.7. The third-order valence-corrected chi connectivity index (χ3v) is 13.7. The van der Waals surface area contributed by atoms with E-state index in [1.165, 1.54) is 22.3 Å². The second kappa shape index (κ2) is 19.0. The van der Waals surface area contributed by atoms with Gasteiger partial charge in [-0.3, -0.25) is 9.55 Å². The molecule has 2 aromatic heterocycles. The quantitative estimate of drug-likeness (QED) is 0.154. The standard InChI is InChI=1S/C64H72N3O.Pt/c1-39(2)44-35-53(40(3)4)59(68)54(36-44)60-66-58-52(18-17-19-56(58)67(60)57-38-49(63(11,12)13)28-29-51(57)42-22-26-48(27-23-42)62(8,9)10)45-32-46(34-50(33-45)64(14,15)16)55-37-43(30-31-65-55)41-20-24-47(25-21-41)61(5,6)7;/h17-31,33-40,68H,1-16H3;/q-1;. The van der Waals surface area contributed by atoms with Gasteiger partial charge in [0.1, 0.15) is 11.6 Å². The zero-order valence-electron chi connectivity index (χ0n) is 43.9. The molecular weight excluding hydrogens is 1020 g/mol. The Kier molecular flexibility index (Phi) is 14.1. The van der Waals surface area contributed by atoms with E-state index in [0.29, 0.717) is 5.82 Å². The van der Waals surface area contributed by atoms with Gasteiger partial charge < -0.3 is 5.11 Å². The van der Waals surface area contributed by atoms with Crippen LogP contribution in [0.1, 0.15) is 156 Å². The zero-order chi connectivity index (χ0) is 49.2. The van der Waals surface area contributed by atoms with E-state index in [0.717, 1.165) is 78.0 Å². The van der Waals surface area contributed by atoms with Crippen molar-refractivity contribution < 1.29 is 26.2 Å². The van der Waals surface area contributed by atoms with Crippen LogP contribution in [0, 0.1) is 6.07 Å². The second-order valence-corrected chi connectivity index (χ2v) is 23.8. The minimum atomic E-state index is -0.168. The number of pyridine rings is 1. The molecule has 8 aromatic rings. The number of phenolic OH excluding ortho intramolecular Hbond substituents is 1. The first-order valence-corrected chi connectivity index (χ1v) is 24.6. The first-order valence-electron chi connectivity index (χ1n) is 24.6. The first kappa shape index (κ1) is 51.3. The summed E-state index contributed by atoms with van der Waals surface area (Å²) in [5, 5.41) is 12.5. The SMILES string of the molecule is CC(C)c1cc(-c2nc3c(-c4[c-]c(-c5cc(-c6ccc(C(C)(C)C)cc6)ccn5)cc(C(C)(C)C)c4)cccc3n2-c2cc(C(C)(C)C)ccc2-c2ccc(C(C)(C)C)cc2)c(O)c(C(C)C)c1.[Pt]. The maximum atomic E-state index is 12.5. The van der Waals surface area contributed by atoms with Crippen molar-refractivity contribution in [2.75, 3.05) is 0 Å². The molecule has 0 aliphatic carbocycles. The number of hydrogen-bond acceptors (Lipinski definition) is 3. The number of para-hydroxylation sites is 1. The van der Waals surface area contributed by atoms with Gasteiger partial charge in [0.25, 0.3) is 0 Å².